The molecule has 1 amide bonds. The minimum atomic E-state index is -4.69. The predicted molar refractivity (Wildman–Crippen MR) is 78.1 cm³/mol. The van der Waals surface area contributed by atoms with Gasteiger partial charge in [0.2, 0.25) is 5.76 Å². The van der Waals surface area contributed by atoms with E-state index in [1.165, 1.54) is 6.92 Å². The zero-order chi connectivity index (χ0) is 17.4. The average molecular weight is 333 g/mol. The molecule has 1 aromatic heterocycles. The van der Waals surface area contributed by atoms with Crippen LogP contribution in [0.3, 0.4) is 0 Å². The Hall–Kier alpha value is -1.50. The maximum absolute atomic E-state index is 13.0. The first-order valence-corrected chi connectivity index (χ1v) is 7.70. The summed E-state index contributed by atoms with van der Waals surface area (Å²) in [7, 11) is 1.62. The summed E-state index contributed by atoms with van der Waals surface area (Å²) in [5, 5.41) is 2.74. The first-order chi connectivity index (χ1) is 10.7. The average Bonchev–Trinajstić information content (AvgIpc) is 2.86. The zero-order valence-electron chi connectivity index (χ0n) is 13.7. The Morgan fingerprint density at radius 2 is 2.04 bits per heavy atom. The molecule has 7 heteroatoms. The minimum absolute atomic E-state index is 0.0102. The number of methoxy groups -OCH3 is 1. The van der Waals surface area contributed by atoms with E-state index in [9.17, 15) is 18.0 Å². The molecule has 1 heterocycles. The van der Waals surface area contributed by atoms with Crippen LogP contribution in [0.2, 0.25) is 0 Å². The van der Waals surface area contributed by atoms with Crippen LogP contribution in [0, 0.1) is 12.3 Å². The van der Waals surface area contributed by atoms with E-state index in [2.05, 4.69) is 9.73 Å². The van der Waals surface area contributed by atoms with Gasteiger partial charge in [-0.05, 0) is 32.3 Å². The third-order valence-corrected chi connectivity index (χ3v) is 5.05. The van der Waals surface area contributed by atoms with Crippen LogP contribution < -0.4 is 5.32 Å². The van der Waals surface area contributed by atoms with Crippen molar-refractivity contribution in [1.82, 2.24) is 5.32 Å². The monoisotopic (exact) mass is 333 g/mol. The maximum Gasteiger partial charge on any atom is 0.450 e. The van der Waals surface area contributed by atoms with Crippen LogP contribution in [0.4, 0.5) is 13.2 Å². The van der Waals surface area contributed by atoms with E-state index in [0.717, 1.165) is 18.9 Å². The lowest BCUT2D eigenvalue weighted by molar-refractivity contribution is -0.153. The van der Waals surface area contributed by atoms with Gasteiger partial charge < -0.3 is 14.5 Å². The summed E-state index contributed by atoms with van der Waals surface area (Å²) in [6.45, 7) is 5.38. The van der Waals surface area contributed by atoms with Crippen molar-refractivity contribution in [2.24, 2.45) is 5.41 Å². The van der Waals surface area contributed by atoms with E-state index in [-0.39, 0.29) is 23.3 Å². The van der Waals surface area contributed by atoms with Gasteiger partial charge >= 0.3 is 6.18 Å². The largest absolute Gasteiger partial charge is 0.456 e. The molecule has 0 aromatic carbocycles. The van der Waals surface area contributed by atoms with Gasteiger partial charge in [-0.15, -0.1) is 0 Å². The Morgan fingerprint density at radius 3 is 2.52 bits per heavy atom. The summed E-state index contributed by atoms with van der Waals surface area (Å²) in [5.74, 6) is -1.93. The summed E-state index contributed by atoms with van der Waals surface area (Å²) < 4.78 is 49.0. The van der Waals surface area contributed by atoms with Gasteiger partial charge in [0, 0.05) is 18.6 Å². The number of carbonyl (C=O) groups is 1. The lowest BCUT2D eigenvalue weighted by Gasteiger charge is -2.55. The number of ether oxygens (including phenoxy) is 1. The zero-order valence-corrected chi connectivity index (χ0v) is 13.7. The standard InChI is InChI=1S/C16H22F3NO3/c1-5-15(6-2)11(8-12(15)22-4)20-14(21)10-7-9(3)23-13(10)16(17,18)19/h7,11-12H,5-6,8H2,1-4H3,(H,20,21). The quantitative estimate of drug-likeness (QED) is 0.888. The number of halogens is 3. The van der Waals surface area contributed by atoms with Crippen LogP contribution in [0.25, 0.3) is 0 Å². The summed E-state index contributed by atoms with van der Waals surface area (Å²) in [5.41, 5.74) is -0.696. The van der Waals surface area contributed by atoms with Crippen LogP contribution in [0.5, 0.6) is 0 Å². The highest BCUT2D eigenvalue weighted by Gasteiger charge is 2.54. The maximum atomic E-state index is 13.0. The molecule has 1 aromatic rings. The lowest BCUT2D eigenvalue weighted by atomic mass is 9.58. The van der Waals surface area contributed by atoms with Crippen molar-refractivity contribution in [3.05, 3.63) is 23.2 Å². The fourth-order valence-electron chi connectivity index (χ4n) is 3.61. The molecule has 0 spiro atoms. The van der Waals surface area contributed by atoms with E-state index in [4.69, 9.17) is 4.74 Å². The highest BCUT2D eigenvalue weighted by molar-refractivity contribution is 5.95. The number of furan rings is 1. The number of hydrogen-bond donors (Lipinski definition) is 1. The van der Waals surface area contributed by atoms with Crippen molar-refractivity contribution in [2.75, 3.05) is 7.11 Å². The predicted octanol–water partition coefficient (Wildman–Crippen LogP) is 3.93. The minimum Gasteiger partial charge on any atom is -0.456 e. The van der Waals surface area contributed by atoms with Crippen molar-refractivity contribution >= 4 is 5.91 Å². The molecule has 1 fully saturated rings. The highest BCUT2D eigenvalue weighted by Crippen LogP contribution is 2.48. The summed E-state index contributed by atoms with van der Waals surface area (Å²) in [6.07, 6.45) is -2.52. The third-order valence-electron chi connectivity index (χ3n) is 5.05. The van der Waals surface area contributed by atoms with Crippen molar-refractivity contribution in [2.45, 2.75) is 58.4 Å². The Kier molecular flexibility index (Phi) is 4.80. The van der Waals surface area contributed by atoms with Crippen molar-refractivity contribution < 1.29 is 27.1 Å². The van der Waals surface area contributed by atoms with Crippen LogP contribution in [-0.4, -0.2) is 25.2 Å². The van der Waals surface area contributed by atoms with Gasteiger partial charge in [0.25, 0.3) is 5.91 Å². The number of carbonyl (C=O) groups excluding carboxylic acids is 1. The molecular weight excluding hydrogens is 311 g/mol. The SMILES string of the molecule is CCC1(CC)C(NC(=O)c2cc(C)oc2C(F)(F)F)CC1OC. The van der Waals surface area contributed by atoms with E-state index in [1.54, 1.807) is 7.11 Å². The topological polar surface area (TPSA) is 51.5 Å². The third kappa shape index (κ3) is 2.98. The van der Waals surface area contributed by atoms with Crippen LogP contribution in [0.15, 0.2) is 10.5 Å². The molecule has 0 bridgehead atoms. The Morgan fingerprint density at radius 1 is 1.43 bits per heavy atom. The fraction of sp³-hybridized carbons (Fsp3) is 0.688. The number of aryl methyl sites for hydroxylation is 1. The van der Waals surface area contributed by atoms with E-state index >= 15 is 0 Å². The normalized spacial score (nSPS) is 23.4. The van der Waals surface area contributed by atoms with Gasteiger partial charge in [-0.2, -0.15) is 13.2 Å². The highest BCUT2D eigenvalue weighted by atomic mass is 19.4. The van der Waals surface area contributed by atoms with E-state index in [1.807, 2.05) is 13.8 Å². The molecule has 1 aliphatic rings. The molecule has 0 aliphatic heterocycles. The Balaban J connectivity index is 2.21. The number of nitrogens with one attached hydrogen (secondary N) is 1. The van der Waals surface area contributed by atoms with Crippen molar-refractivity contribution in [1.29, 1.82) is 0 Å². The second-order valence-electron chi connectivity index (χ2n) is 6.02. The molecule has 130 valence electrons. The van der Waals surface area contributed by atoms with Gasteiger partial charge in [-0.3, -0.25) is 4.79 Å². The first kappa shape index (κ1) is 17.8. The van der Waals surface area contributed by atoms with Gasteiger partial charge in [0.05, 0.1) is 11.7 Å². The van der Waals surface area contributed by atoms with Crippen molar-refractivity contribution in [3.8, 4) is 0 Å². The molecule has 0 radical (unpaired) electrons. The molecule has 23 heavy (non-hydrogen) atoms. The summed E-state index contributed by atoms with van der Waals surface area (Å²) >= 11 is 0. The van der Waals surface area contributed by atoms with Crippen LogP contribution in [-0.2, 0) is 10.9 Å². The van der Waals surface area contributed by atoms with Gasteiger partial charge in [0.15, 0.2) is 0 Å². The smallest absolute Gasteiger partial charge is 0.450 e. The Labute approximate surface area is 133 Å². The number of alkyl halides is 3. The first-order valence-electron chi connectivity index (χ1n) is 7.70. The molecular formula is C16H22F3NO3. The Bertz CT molecular complexity index is 576. The number of rotatable bonds is 5. The van der Waals surface area contributed by atoms with E-state index in [0.29, 0.717) is 6.42 Å². The fourth-order valence-corrected chi connectivity index (χ4v) is 3.61. The molecule has 4 nitrogen and oxygen atoms in total. The molecule has 1 aliphatic carbocycles. The van der Waals surface area contributed by atoms with Crippen molar-refractivity contribution in [3.63, 3.8) is 0 Å². The molecule has 2 rings (SSSR count). The summed E-state index contributed by atoms with van der Waals surface area (Å²) in [6, 6.07) is 0.927. The molecule has 1 saturated carbocycles. The molecule has 2 unspecified atom stereocenters. The number of hydrogen-bond acceptors (Lipinski definition) is 3. The van der Waals surface area contributed by atoms with Crippen LogP contribution >= 0.6 is 0 Å². The van der Waals surface area contributed by atoms with Crippen LogP contribution in [0.1, 0.15) is 55.0 Å². The second kappa shape index (κ2) is 6.19. The van der Waals surface area contributed by atoms with Gasteiger partial charge in [0.1, 0.15) is 5.76 Å². The summed E-state index contributed by atoms with van der Waals surface area (Å²) in [4.78, 5) is 12.3. The molecule has 0 saturated heterocycles. The lowest BCUT2D eigenvalue weighted by Crippen LogP contribution is -2.64. The van der Waals surface area contributed by atoms with E-state index < -0.39 is 23.4 Å². The number of amides is 1. The molecule has 2 atom stereocenters. The second-order valence-corrected chi connectivity index (χ2v) is 6.02. The molecule has 1 N–H and O–H groups in total. The van der Waals surface area contributed by atoms with Gasteiger partial charge in [-0.1, -0.05) is 13.8 Å². The van der Waals surface area contributed by atoms with Gasteiger partial charge in [-0.25, -0.2) is 0 Å².